The number of nitrogens with one attached hydrogen (secondary N) is 1. The highest BCUT2D eigenvalue weighted by Gasteiger charge is 2.42. The summed E-state index contributed by atoms with van der Waals surface area (Å²) in [4.78, 5) is 6.88. The minimum Gasteiger partial charge on any atom is -0.351 e. The summed E-state index contributed by atoms with van der Waals surface area (Å²) in [5.74, 6) is 0. The van der Waals surface area contributed by atoms with Gasteiger partial charge in [-0.25, -0.2) is 0 Å². The van der Waals surface area contributed by atoms with Gasteiger partial charge in [0.15, 0.2) is 5.11 Å². The number of para-hydroxylation sites is 1. The number of aromatic nitrogens is 2. The Hall–Kier alpha value is -3.15. The zero-order valence-corrected chi connectivity index (χ0v) is 20.4. The molecular weight excluding hydrogens is 448 g/mol. The van der Waals surface area contributed by atoms with Crippen LogP contribution in [0, 0.1) is 20.8 Å². The maximum atomic E-state index is 6.47. The predicted octanol–water partition coefficient (Wildman–Crippen LogP) is 6.63. The topological polar surface area (TPSA) is 33.1 Å². The van der Waals surface area contributed by atoms with Crippen molar-refractivity contribution in [1.29, 1.82) is 0 Å². The highest BCUT2D eigenvalue weighted by molar-refractivity contribution is 7.80. The van der Waals surface area contributed by atoms with Crippen LogP contribution in [-0.2, 0) is 0 Å². The van der Waals surface area contributed by atoms with Crippen LogP contribution in [0.15, 0.2) is 79.0 Å². The van der Waals surface area contributed by atoms with E-state index in [0.29, 0.717) is 5.11 Å². The number of benzene rings is 2. The molecule has 2 aromatic heterocycles. The van der Waals surface area contributed by atoms with Crippen molar-refractivity contribution in [2.24, 2.45) is 0 Å². The molecule has 1 aliphatic heterocycles. The molecule has 0 bridgehead atoms. The number of nitrogens with zero attached hydrogens (tertiary/aromatic N) is 3. The van der Waals surface area contributed by atoms with Gasteiger partial charge in [-0.1, -0.05) is 41.9 Å². The van der Waals surface area contributed by atoms with Crippen LogP contribution in [0.1, 0.15) is 40.3 Å². The first-order chi connectivity index (χ1) is 16.0. The second kappa shape index (κ2) is 8.65. The van der Waals surface area contributed by atoms with Crippen LogP contribution in [-0.4, -0.2) is 14.7 Å². The van der Waals surface area contributed by atoms with E-state index in [2.05, 4.69) is 70.9 Å². The summed E-state index contributed by atoms with van der Waals surface area (Å²) in [5.41, 5.74) is 7.70. The molecule has 3 heterocycles. The molecule has 0 radical (unpaired) electrons. The lowest BCUT2D eigenvalue weighted by molar-refractivity contribution is 0.565. The van der Waals surface area contributed by atoms with Gasteiger partial charge in [0.2, 0.25) is 0 Å². The van der Waals surface area contributed by atoms with Crippen LogP contribution in [0.2, 0.25) is 5.02 Å². The maximum Gasteiger partial charge on any atom is 0.174 e. The first-order valence-corrected chi connectivity index (χ1v) is 11.8. The summed E-state index contributed by atoms with van der Waals surface area (Å²) in [6.07, 6.45) is 1.83. The Balaban J connectivity index is 1.70. The molecule has 0 amide bonds. The monoisotopic (exact) mass is 472 g/mol. The summed E-state index contributed by atoms with van der Waals surface area (Å²) in [7, 11) is 0. The van der Waals surface area contributed by atoms with Crippen molar-refractivity contribution in [3.8, 4) is 5.69 Å². The van der Waals surface area contributed by atoms with Gasteiger partial charge in [-0.15, -0.1) is 0 Å². The quantitative estimate of drug-likeness (QED) is 0.338. The second-order valence-electron chi connectivity index (χ2n) is 8.38. The third-order valence-corrected chi connectivity index (χ3v) is 7.13. The fraction of sp³-hybridized carbons (Fsp3) is 0.185. The SMILES string of the molecule is Cc1c(Cl)cccc1-n1c(C)cc([C@H]2[C@@H](c3ccccn3)NC(=S)N2c2ccccc2)c1C. The highest BCUT2D eigenvalue weighted by atomic mass is 35.5. The van der Waals surface area contributed by atoms with Gasteiger partial charge < -0.3 is 14.8 Å². The molecule has 1 fully saturated rings. The third kappa shape index (κ3) is 3.71. The molecule has 1 aliphatic rings. The Morgan fingerprint density at radius 1 is 0.939 bits per heavy atom. The van der Waals surface area contributed by atoms with Gasteiger partial charge in [-0.3, -0.25) is 4.98 Å². The van der Waals surface area contributed by atoms with Gasteiger partial charge in [-0.2, -0.15) is 0 Å². The van der Waals surface area contributed by atoms with Gasteiger partial charge in [0.25, 0.3) is 0 Å². The van der Waals surface area contributed by atoms with Gasteiger partial charge in [0.1, 0.15) is 0 Å². The van der Waals surface area contributed by atoms with Crippen molar-refractivity contribution in [3.05, 3.63) is 112 Å². The molecule has 4 nitrogen and oxygen atoms in total. The molecular formula is C27H25ClN4S. The number of rotatable bonds is 4. The van der Waals surface area contributed by atoms with Gasteiger partial charge in [0.05, 0.1) is 17.8 Å². The van der Waals surface area contributed by atoms with Crippen LogP contribution >= 0.6 is 23.8 Å². The summed E-state index contributed by atoms with van der Waals surface area (Å²) >= 11 is 12.3. The van der Waals surface area contributed by atoms with Crippen molar-refractivity contribution in [3.63, 3.8) is 0 Å². The summed E-state index contributed by atoms with van der Waals surface area (Å²) in [6, 6.07) is 24.5. The minimum absolute atomic E-state index is 0.0470. The number of thiocarbonyl (C=S) groups is 1. The van der Waals surface area contributed by atoms with Crippen molar-refractivity contribution in [2.75, 3.05) is 4.90 Å². The van der Waals surface area contributed by atoms with Crippen LogP contribution < -0.4 is 10.2 Å². The van der Waals surface area contributed by atoms with Gasteiger partial charge in [-0.05, 0) is 86.6 Å². The van der Waals surface area contributed by atoms with Crippen LogP contribution in [0.25, 0.3) is 5.69 Å². The summed E-state index contributed by atoms with van der Waals surface area (Å²) in [5, 5.41) is 5.01. The fourth-order valence-electron chi connectivity index (χ4n) is 4.83. The standard InChI is InChI=1S/C27H25ClN4S/c1-17-16-21(19(3)31(17)24-14-9-12-22(28)18(24)2)26-25(23-13-7-8-15-29-23)30-27(33)32(26)20-10-5-4-6-11-20/h4-16,25-26H,1-3H3,(H,30,33)/t25-,26+/m1/s1. The molecule has 5 rings (SSSR count). The lowest BCUT2D eigenvalue weighted by Gasteiger charge is -2.28. The summed E-state index contributed by atoms with van der Waals surface area (Å²) in [6.45, 7) is 6.37. The molecule has 6 heteroatoms. The van der Waals surface area contributed by atoms with Crippen molar-refractivity contribution in [2.45, 2.75) is 32.9 Å². The zero-order chi connectivity index (χ0) is 23.1. The van der Waals surface area contributed by atoms with E-state index in [1.165, 1.54) is 5.56 Å². The van der Waals surface area contributed by atoms with E-state index in [0.717, 1.165) is 39.0 Å². The minimum atomic E-state index is -0.0756. The Bertz CT molecular complexity index is 1320. The Morgan fingerprint density at radius 2 is 1.70 bits per heavy atom. The van der Waals surface area contributed by atoms with E-state index in [1.54, 1.807) is 0 Å². The van der Waals surface area contributed by atoms with E-state index in [-0.39, 0.29) is 12.1 Å². The molecule has 33 heavy (non-hydrogen) atoms. The van der Waals surface area contributed by atoms with E-state index in [4.69, 9.17) is 23.8 Å². The highest BCUT2D eigenvalue weighted by Crippen LogP contribution is 2.43. The molecule has 2 aromatic carbocycles. The van der Waals surface area contributed by atoms with Crippen LogP contribution in [0.5, 0.6) is 0 Å². The first-order valence-electron chi connectivity index (χ1n) is 11.0. The van der Waals surface area contributed by atoms with Crippen LogP contribution in [0.3, 0.4) is 0 Å². The number of hydrogen-bond acceptors (Lipinski definition) is 2. The molecule has 4 aromatic rings. The number of halogens is 1. The number of hydrogen-bond donors (Lipinski definition) is 1. The van der Waals surface area contributed by atoms with E-state index < -0.39 is 0 Å². The number of pyridine rings is 1. The molecule has 1 saturated heterocycles. The molecule has 0 aliphatic carbocycles. The van der Waals surface area contributed by atoms with Crippen molar-refractivity contribution in [1.82, 2.24) is 14.9 Å². The average molecular weight is 473 g/mol. The number of anilines is 1. The lowest BCUT2D eigenvalue weighted by Crippen LogP contribution is -2.29. The second-order valence-corrected chi connectivity index (χ2v) is 9.17. The average Bonchev–Trinajstić information content (AvgIpc) is 3.32. The molecule has 0 unspecified atom stereocenters. The number of aryl methyl sites for hydroxylation is 1. The Morgan fingerprint density at radius 3 is 2.42 bits per heavy atom. The maximum absolute atomic E-state index is 6.47. The van der Waals surface area contributed by atoms with E-state index in [1.807, 2.05) is 48.7 Å². The first kappa shape index (κ1) is 21.7. The molecule has 1 N–H and O–H groups in total. The third-order valence-electron chi connectivity index (χ3n) is 6.40. The molecule has 0 saturated carbocycles. The molecule has 166 valence electrons. The van der Waals surface area contributed by atoms with Gasteiger partial charge >= 0.3 is 0 Å². The van der Waals surface area contributed by atoms with E-state index >= 15 is 0 Å². The molecule has 0 spiro atoms. The Labute approximate surface area is 204 Å². The largest absolute Gasteiger partial charge is 0.351 e. The smallest absolute Gasteiger partial charge is 0.174 e. The Kier molecular flexibility index (Phi) is 5.69. The molecule has 2 atom stereocenters. The fourth-order valence-corrected chi connectivity index (χ4v) is 5.35. The predicted molar refractivity (Wildman–Crippen MR) is 139 cm³/mol. The van der Waals surface area contributed by atoms with Crippen molar-refractivity contribution >= 4 is 34.6 Å². The van der Waals surface area contributed by atoms with E-state index in [9.17, 15) is 0 Å². The van der Waals surface area contributed by atoms with Crippen molar-refractivity contribution < 1.29 is 0 Å². The summed E-state index contributed by atoms with van der Waals surface area (Å²) < 4.78 is 2.29. The van der Waals surface area contributed by atoms with Gasteiger partial charge in [0, 0.05) is 34.0 Å². The normalized spacial score (nSPS) is 17.9. The zero-order valence-electron chi connectivity index (χ0n) is 18.8. The lowest BCUT2D eigenvalue weighted by atomic mass is 9.96. The van der Waals surface area contributed by atoms with Crippen LogP contribution in [0.4, 0.5) is 5.69 Å².